The van der Waals surface area contributed by atoms with E-state index in [9.17, 15) is 4.79 Å². The number of halogens is 1. The van der Waals surface area contributed by atoms with E-state index in [0.29, 0.717) is 11.5 Å². The minimum atomic E-state index is -0.250. The summed E-state index contributed by atoms with van der Waals surface area (Å²) in [6.07, 6.45) is 5.71. The van der Waals surface area contributed by atoms with Gasteiger partial charge in [-0.2, -0.15) is 10.2 Å². The third-order valence-electron chi connectivity index (χ3n) is 4.62. The average molecular weight is 391 g/mol. The molecule has 27 heavy (non-hydrogen) atoms. The smallest absolute Gasteiger partial charge is 0.290 e. The van der Waals surface area contributed by atoms with E-state index in [1.807, 2.05) is 23.1 Å². The van der Waals surface area contributed by atoms with Gasteiger partial charge in [-0.15, -0.1) is 0 Å². The van der Waals surface area contributed by atoms with Crippen molar-refractivity contribution in [3.8, 4) is 0 Å². The van der Waals surface area contributed by atoms with Crippen molar-refractivity contribution >= 4 is 24.0 Å². The summed E-state index contributed by atoms with van der Waals surface area (Å²) in [5.41, 5.74) is 8.15. The van der Waals surface area contributed by atoms with E-state index in [4.69, 9.17) is 27.2 Å². The summed E-state index contributed by atoms with van der Waals surface area (Å²) in [6.45, 7) is 1.21. The normalized spacial score (nSPS) is 15.4. The molecule has 2 heterocycles. The third-order valence-corrected chi connectivity index (χ3v) is 4.86. The van der Waals surface area contributed by atoms with Crippen LogP contribution in [0.25, 0.3) is 0 Å². The first-order valence-corrected chi connectivity index (χ1v) is 9.06. The van der Waals surface area contributed by atoms with Gasteiger partial charge in [0, 0.05) is 24.2 Å². The van der Waals surface area contributed by atoms with Gasteiger partial charge in [-0.05, 0) is 48.9 Å². The number of nitrogens with zero attached hydrogens (tertiary/aromatic N) is 3. The maximum Gasteiger partial charge on any atom is 0.290 e. The molecule has 1 aromatic heterocycles. The molecule has 144 valence electrons. The number of aromatic nitrogens is 2. The van der Waals surface area contributed by atoms with E-state index in [2.05, 4.69) is 16.3 Å². The van der Waals surface area contributed by atoms with E-state index in [-0.39, 0.29) is 18.4 Å². The van der Waals surface area contributed by atoms with Crippen molar-refractivity contribution in [3.63, 3.8) is 0 Å². The molecule has 2 aromatic rings. The van der Waals surface area contributed by atoms with Crippen LogP contribution in [0, 0.1) is 5.92 Å². The second-order valence-corrected chi connectivity index (χ2v) is 6.80. The van der Waals surface area contributed by atoms with Gasteiger partial charge < -0.3 is 15.7 Å². The zero-order chi connectivity index (χ0) is 19.6. The highest BCUT2D eigenvalue weighted by Crippen LogP contribution is 2.23. The molecule has 1 aliphatic heterocycles. The first-order chi connectivity index (χ1) is 13.0. The van der Waals surface area contributed by atoms with Gasteiger partial charge in [-0.25, -0.2) is 0 Å². The SMILES string of the molecule is NC(Cc1cccc(Cl)c1)C1CCN(C(=O)c2ccnnc2)CC1.O=CO. The molecule has 0 aliphatic carbocycles. The number of benzene rings is 1. The number of piperidine rings is 1. The lowest BCUT2D eigenvalue weighted by Gasteiger charge is -2.34. The van der Waals surface area contributed by atoms with Crippen LogP contribution < -0.4 is 5.73 Å². The first-order valence-electron chi connectivity index (χ1n) is 8.69. The molecule has 8 heteroatoms. The molecule has 1 atom stereocenters. The molecule has 0 saturated carbocycles. The fraction of sp³-hybridized carbons (Fsp3) is 0.368. The summed E-state index contributed by atoms with van der Waals surface area (Å²) in [5, 5.41) is 15.1. The molecule has 0 bridgehead atoms. The third kappa shape index (κ3) is 6.30. The number of hydrogen-bond acceptors (Lipinski definition) is 5. The van der Waals surface area contributed by atoms with Gasteiger partial charge >= 0.3 is 0 Å². The molecular formula is C19H23ClN4O3. The van der Waals surface area contributed by atoms with Crippen LogP contribution in [0.4, 0.5) is 0 Å². The van der Waals surface area contributed by atoms with Crippen LogP contribution in [0.15, 0.2) is 42.7 Å². The Morgan fingerprint density at radius 3 is 2.63 bits per heavy atom. The summed E-state index contributed by atoms with van der Waals surface area (Å²) in [5.74, 6) is 0.440. The number of nitrogens with two attached hydrogens (primary N) is 1. The van der Waals surface area contributed by atoms with E-state index in [0.717, 1.165) is 42.9 Å². The molecule has 0 radical (unpaired) electrons. The second kappa shape index (κ2) is 10.6. The van der Waals surface area contributed by atoms with Crippen LogP contribution in [0.2, 0.25) is 5.02 Å². The van der Waals surface area contributed by atoms with E-state index < -0.39 is 0 Å². The van der Waals surface area contributed by atoms with Gasteiger partial charge in [-0.3, -0.25) is 9.59 Å². The Kier molecular flexibility index (Phi) is 8.16. The van der Waals surface area contributed by atoms with Crippen molar-refractivity contribution in [2.24, 2.45) is 11.7 Å². The lowest BCUT2D eigenvalue weighted by molar-refractivity contribution is -0.122. The predicted octanol–water partition coefficient (Wildman–Crippen LogP) is 2.25. The highest BCUT2D eigenvalue weighted by molar-refractivity contribution is 6.30. The van der Waals surface area contributed by atoms with Crippen LogP contribution in [0.5, 0.6) is 0 Å². The van der Waals surface area contributed by atoms with Gasteiger partial charge in [0.1, 0.15) is 0 Å². The Hall–Kier alpha value is -2.51. The standard InChI is InChI=1S/C18H21ClN4O.CH2O2/c19-16-3-1-2-13(10-16)11-17(20)14-5-8-23(9-6-14)18(24)15-4-7-21-22-12-15;2-1-3/h1-4,7,10,12,14,17H,5-6,8-9,11,20H2;1H,(H,2,3). The Balaban J connectivity index is 0.000000817. The van der Waals surface area contributed by atoms with Crippen molar-refractivity contribution in [1.29, 1.82) is 0 Å². The molecule has 1 aliphatic rings. The van der Waals surface area contributed by atoms with Crippen LogP contribution in [0.3, 0.4) is 0 Å². The van der Waals surface area contributed by atoms with Gasteiger partial charge in [0.2, 0.25) is 0 Å². The summed E-state index contributed by atoms with van der Waals surface area (Å²) in [7, 11) is 0. The number of amides is 1. The maximum absolute atomic E-state index is 12.4. The number of rotatable bonds is 4. The summed E-state index contributed by atoms with van der Waals surface area (Å²) < 4.78 is 0. The molecule has 3 N–H and O–H groups in total. The van der Waals surface area contributed by atoms with Gasteiger partial charge in [-0.1, -0.05) is 23.7 Å². The Bertz CT molecular complexity index is 737. The zero-order valence-electron chi connectivity index (χ0n) is 14.9. The highest BCUT2D eigenvalue weighted by Gasteiger charge is 2.27. The van der Waals surface area contributed by atoms with Crippen molar-refractivity contribution in [2.45, 2.75) is 25.3 Å². The lowest BCUT2D eigenvalue weighted by atomic mass is 9.86. The minimum Gasteiger partial charge on any atom is -0.483 e. The maximum atomic E-state index is 12.4. The zero-order valence-corrected chi connectivity index (χ0v) is 15.6. The molecule has 1 unspecified atom stereocenters. The van der Waals surface area contributed by atoms with Gasteiger partial charge in [0.25, 0.3) is 12.4 Å². The van der Waals surface area contributed by atoms with Gasteiger partial charge in [0.05, 0.1) is 18.0 Å². The summed E-state index contributed by atoms with van der Waals surface area (Å²) >= 11 is 6.03. The highest BCUT2D eigenvalue weighted by atomic mass is 35.5. The Labute approximate surface area is 163 Å². The molecule has 1 aromatic carbocycles. The quantitative estimate of drug-likeness (QED) is 0.775. The summed E-state index contributed by atoms with van der Waals surface area (Å²) in [6, 6.07) is 9.63. The number of carbonyl (C=O) groups is 2. The van der Waals surface area contributed by atoms with E-state index in [1.165, 1.54) is 6.20 Å². The fourth-order valence-corrected chi connectivity index (χ4v) is 3.45. The molecule has 0 spiro atoms. The Morgan fingerprint density at radius 1 is 1.33 bits per heavy atom. The largest absolute Gasteiger partial charge is 0.483 e. The molecule has 1 saturated heterocycles. The van der Waals surface area contributed by atoms with Gasteiger partial charge in [0.15, 0.2) is 0 Å². The van der Waals surface area contributed by atoms with Crippen molar-refractivity contribution in [3.05, 3.63) is 58.9 Å². The number of carbonyl (C=O) groups excluding carboxylic acids is 1. The van der Waals surface area contributed by atoms with Crippen molar-refractivity contribution in [1.82, 2.24) is 15.1 Å². The van der Waals surface area contributed by atoms with Crippen molar-refractivity contribution < 1.29 is 14.7 Å². The molecule has 7 nitrogen and oxygen atoms in total. The lowest BCUT2D eigenvalue weighted by Crippen LogP contribution is -2.44. The number of likely N-dealkylation sites (tertiary alicyclic amines) is 1. The van der Waals surface area contributed by atoms with Crippen LogP contribution in [-0.4, -0.2) is 51.7 Å². The van der Waals surface area contributed by atoms with Crippen LogP contribution in [0.1, 0.15) is 28.8 Å². The van der Waals surface area contributed by atoms with Crippen molar-refractivity contribution in [2.75, 3.05) is 13.1 Å². The Morgan fingerprint density at radius 2 is 2.04 bits per heavy atom. The van der Waals surface area contributed by atoms with Crippen LogP contribution >= 0.6 is 11.6 Å². The first kappa shape index (κ1) is 20.8. The minimum absolute atomic E-state index is 0.0202. The molecule has 1 fully saturated rings. The number of carboxylic acid groups (broad SMARTS) is 1. The predicted molar refractivity (Wildman–Crippen MR) is 102 cm³/mol. The number of hydrogen-bond donors (Lipinski definition) is 2. The molecule has 3 rings (SSSR count). The molecule has 1 amide bonds. The molecular weight excluding hydrogens is 368 g/mol. The average Bonchev–Trinajstić information content (AvgIpc) is 2.69. The van der Waals surface area contributed by atoms with E-state index in [1.54, 1.807) is 12.3 Å². The topological polar surface area (TPSA) is 109 Å². The van der Waals surface area contributed by atoms with E-state index >= 15 is 0 Å². The second-order valence-electron chi connectivity index (χ2n) is 6.36. The summed E-state index contributed by atoms with van der Waals surface area (Å²) in [4.78, 5) is 22.7. The van der Waals surface area contributed by atoms with Crippen LogP contribution in [-0.2, 0) is 11.2 Å². The fourth-order valence-electron chi connectivity index (χ4n) is 3.23. The monoisotopic (exact) mass is 390 g/mol.